The molecule has 0 bridgehead atoms. The quantitative estimate of drug-likeness (QED) is 0.562. The summed E-state index contributed by atoms with van der Waals surface area (Å²) in [6, 6.07) is 8.03. The Kier molecular flexibility index (Phi) is 7.00. The van der Waals surface area contributed by atoms with Gasteiger partial charge in [0, 0.05) is 19.6 Å². The molecule has 2 aromatic heterocycles. The summed E-state index contributed by atoms with van der Waals surface area (Å²) >= 11 is 1.41. The van der Waals surface area contributed by atoms with E-state index in [9.17, 15) is 4.79 Å². The minimum Gasteiger partial charge on any atom is -0.497 e. The molecule has 1 aromatic carbocycles. The van der Waals surface area contributed by atoms with Crippen LogP contribution in [0.15, 0.2) is 30.6 Å². The summed E-state index contributed by atoms with van der Waals surface area (Å²) < 4.78 is 5.28. The van der Waals surface area contributed by atoms with Crippen LogP contribution in [-0.4, -0.2) is 61.6 Å². The van der Waals surface area contributed by atoms with Gasteiger partial charge >= 0.3 is 0 Å². The zero-order valence-electron chi connectivity index (χ0n) is 17.3. The van der Waals surface area contributed by atoms with Crippen molar-refractivity contribution in [2.45, 2.75) is 13.3 Å². The van der Waals surface area contributed by atoms with Crippen LogP contribution in [0.3, 0.4) is 0 Å². The highest BCUT2D eigenvalue weighted by Crippen LogP contribution is 2.33. The van der Waals surface area contributed by atoms with E-state index in [4.69, 9.17) is 4.74 Å². The number of anilines is 1. The standard InChI is InChI=1S/C21H27N5O2S/c1-14-17-19(22-9-8-15-6-5-7-16(12-15)28-4)24-13-25-21(17)29-18(14)20(27)23-10-11-26(2)3/h5-7,12-13H,8-11H2,1-4H3,(H,23,27)(H,22,24,25). The largest absolute Gasteiger partial charge is 0.497 e. The van der Waals surface area contributed by atoms with Crippen LogP contribution in [0.4, 0.5) is 5.82 Å². The molecule has 154 valence electrons. The fraction of sp³-hybridized carbons (Fsp3) is 0.381. The van der Waals surface area contributed by atoms with Crippen LogP contribution in [0, 0.1) is 6.92 Å². The van der Waals surface area contributed by atoms with Gasteiger partial charge in [-0.1, -0.05) is 12.1 Å². The van der Waals surface area contributed by atoms with Crippen LogP contribution in [0.5, 0.6) is 5.75 Å². The van der Waals surface area contributed by atoms with E-state index in [1.165, 1.54) is 16.9 Å². The van der Waals surface area contributed by atoms with Gasteiger partial charge in [-0.25, -0.2) is 9.97 Å². The molecule has 0 aliphatic heterocycles. The summed E-state index contributed by atoms with van der Waals surface area (Å²) in [5.41, 5.74) is 2.10. The van der Waals surface area contributed by atoms with Crippen LogP contribution < -0.4 is 15.4 Å². The van der Waals surface area contributed by atoms with Gasteiger partial charge < -0.3 is 20.3 Å². The monoisotopic (exact) mass is 413 g/mol. The number of rotatable bonds is 9. The smallest absolute Gasteiger partial charge is 0.261 e. The molecule has 0 aliphatic rings. The first-order valence-electron chi connectivity index (χ1n) is 9.53. The number of amides is 1. The first kappa shape index (κ1) is 21.0. The molecular weight excluding hydrogens is 386 g/mol. The van der Waals surface area contributed by atoms with E-state index in [-0.39, 0.29) is 5.91 Å². The average molecular weight is 414 g/mol. The average Bonchev–Trinajstić information content (AvgIpc) is 3.05. The van der Waals surface area contributed by atoms with E-state index in [0.29, 0.717) is 11.4 Å². The van der Waals surface area contributed by atoms with E-state index in [1.54, 1.807) is 13.4 Å². The van der Waals surface area contributed by atoms with Gasteiger partial charge in [-0.3, -0.25) is 4.79 Å². The topological polar surface area (TPSA) is 79.4 Å². The Bertz CT molecular complexity index is 986. The maximum atomic E-state index is 12.6. The van der Waals surface area contributed by atoms with Gasteiger partial charge in [0.15, 0.2) is 0 Å². The SMILES string of the molecule is COc1cccc(CCNc2ncnc3sc(C(=O)NCCN(C)C)c(C)c23)c1. The number of likely N-dealkylation sites (N-methyl/N-ethyl adjacent to an activating group) is 1. The molecule has 0 aliphatic carbocycles. The maximum absolute atomic E-state index is 12.6. The molecule has 3 rings (SSSR count). The summed E-state index contributed by atoms with van der Waals surface area (Å²) in [5, 5.41) is 7.30. The fourth-order valence-electron chi connectivity index (χ4n) is 3.05. The highest BCUT2D eigenvalue weighted by Gasteiger charge is 2.19. The predicted molar refractivity (Wildman–Crippen MR) is 118 cm³/mol. The number of aromatic nitrogens is 2. The zero-order chi connectivity index (χ0) is 20.8. The molecule has 7 nitrogen and oxygen atoms in total. The molecule has 29 heavy (non-hydrogen) atoms. The third-order valence-corrected chi connectivity index (χ3v) is 5.82. The van der Waals surface area contributed by atoms with Crippen molar-refractivity contribution in [3.05, 3.63) is 46.6 Å². The number of aryl methyl sites for hydroxylation is 1. The Labute approximate surface area is 175 Å². The summed E-state index contributed by atoms with van der Waals surface area (Å²) in [7, 11) is 5.63. The lowest BCUT2D eigenvalue weighted by Crippen LogP contribution is -2.31. The van der Waals surface area contributed by atoms with Crippen molar-refractivity contribution >= 4 is 33.3 Å². The first-order chi connectivity index (χ1) is 14.0. The van der Waals surface area contributed by atoms with Crippen LogP contribution >= 0.6 is 11.3 Å². The molecule has 0 saturated heterocycles. The predicted octanol–water partition coefficient (Wildman–Crippen LogP) is 2.95. The number of benzene rings is 1. The van der Waals surface area contributed by atoms with Gasteiger partial charge in [-0.05, 0) is 50.7 Å². The lowest BCUT2D eigenvalue weighted by atomic mass is 10.1. The first-order valence-corrected chi connectivity index (χ1v) is 10.3. The van der Waals surface area contributed by atoms with E-state index >= 15 is 0 Å². The molecular formula is C21H27N5O2S. The lowest BCUT2D eigenvalue weighted by Gasteiger charge is -2.10. The van der Waals surface area contributed by atoms with Crippen LogP contribution in [0.1, 0.15) is 20.8 Å². The van der Waals surface area contributed by atoms with Crippen LogP contribution in [0.2, 0.25) is 0 Å². The molecule has 8 heteroatoms. The molecule has 0 saturated carbocycles. The van der Waals surface area contributed by atoms with Crippen molar-refractivity contribution in [3.63, 3.8) is 0 Å². The number of fused-ring (bicyclic) bond motifs is 1. The van der Waals surface area contributed by atoms with Gasteiger partial charge in [-0.2, -0.15) is 0 Å². The molecule has 2 heterocycles. The number of ether oxygens (including phenoxy) is 1. The Morgan fingerprint density at radius 2 is 2.07 bits per heavy atom. The second-order valence-electron chi connectivity index (χ2n) is 7.05. The second kappa shape index (κ2) is 9.67. The van der Waals surface area contributed by atoms with Crippen LogP contribution in [0.25, 0.3) is 10.2 Å². The third-order valence-electron chi connectivity index (χ3n) is 4.62. The Morgan fingerprint density at radius 1 is 1.24 bits per heavy atom. The maximum Gasteiger partial charge on any atom is 0.261 e. The molecule has 3 aromatic rings. The summed E-state index contributed by atoms with van der Waals surface area (Å²) in [6.45, 7) is 4.08. The number of hydrogen-bond donors (Lipinski definition) is 2. The van der Waals surface area contributed by atoms with Crippen molar-refractivity contribution in [1.29, 1.82) is 0 Å². The Morgan fingerprint density at radius 3 is 2.83 bits per heavy atom. The van der Waals surface area contributed by atoms with Gasteiger partial charge in [0.2, 0.25) is 0 Å². The number of thiophene rings is 1. The van der Waals surface area contributed by atoms with E-state index in [0.717, 1.165) is 46.9 Å². The minimum absolute atomic E-state index is 0.0605. The normalized spacial score (nSPS) is 11.1. The third kappa shape index (κ3) is 5.21. The molecule has 1 amide bonds. The Balaban J connectivity index is 1.71. The van der Waals surface area contributed by atoms with Gasteiger partial charge in [0.05, 0.1) is 17.4 Å². The number of methoxy groups -OCH3 is 1. The summed E-state index contributed by atoms with van der Waals surface area (Å²) in [4.78, 5) is 24.9. The molecule has 0 fully saturated rings. The van der Waals surface area contributed by atoms with E-state index in [1.807, 2.05) is 44.1 Å². The molecule has 0 unspecified atom stereocenters. The highest BCUT2D eigenvalue weighted by atomic mass is 32.1. The fourth-order valence-corrected chi connectivity index (χ4v) is 4.11. The molecule has 0 atom stereocenters. The van der Waals surface area contributed by atoms with E-state index in [2.05, 4.69) is 26.7 Å². The van der Waals surface area contributed by atoms with Crippen LogP contribution in [-0.2, 0) is 6.42 Å². The molecule has 2 N–H and O–H groups in total. The second-order valence-corrected chi connectivity index (χ2v) is 8.05. The Hall–Kier alpha value is -2.71. The summed E-state index contributed by atoms with van der Waals surface area (Å²) in [5.74, 6) is 1.55. The van der Waals surface area contributed by atoms with Gasteiger partial charge in [0.1, 0.15) is 22.7 Å². The summed E-state index contributed by atoms with van der Waals surface area (Å²) in [6.07, 6.45) is 2.38. The molecule has 0 radical (unpaired) electrons. The molecule has 0 spiro atoms. The van der Waals surface area contributed by atoms with Crippen molar-refractivity contribution < 1.29 is 9.53 Å². The number of carbonyl (C=O) groups excluding carboxylic acids is 1. The number of nitrogens with zero attached hydrogens (tertiary/aromatic N) is 3. The number of hydrogen-bond acceptors (Lipinski definition) is 7. The van der Waals surface area contributed by atoms with Gasteiger partial charge in [-0.15, -0.1) is 11.3 Å². The van der Waals surface area contributed by atoms with Crippen molar-refractivity contribution in [2.24, 2.45) is 0 Å². The number of nitrogens with one attached hydrogen (secondary N) is 2. The van der Waals surface area contributed by atoms with Crippen molar-refractivity contribution in [1.82, 2.24) is 20.2 Å². The van der Waals surface area contributed by atoms with E-state index < -0.39 is 0 Å². The van der Waals surface area contributed by atoms with Crippen molar-refractivity contribution in [3.8, 4) is 5.75 Å². The minimum atomic E-state index is -0.0605. The van der Waals surface area contributed by atoms with Gasteiger partial charge in [0.25, 0.3) is 5.91 Å². The number of carbonyl (C=O) groups is 1. The van der Waals surface area contributed by atoms with Crippen molar-refractivity contribution in [2.75, 3.05) is 46.2 Å². The highest BCUT2D eigenvalue weighted by molar-refractivity contribution is 7.20. The lowest BCUT2D eigenvalue weighted by molar-refractivity contribution is 0.0954. The zero-order valence-corrected chi connectivity index (χ0v) is 18.1.